The van der Waals surface area contributed by atoms with Crippen LogP contribution < -0.4 is 0 Å². The van der Waals surface area contributed by atoms with E-state index in [0.29, 0.717) is 4.83 Å². The van der Waals surface area contributed by atoms with Crippen LogP contribution in [0.25, 0.3) is 0 Å². The summed E-state index contributed by atoms with van der Waals surface area (Å²) in [4.78, 5) is 0.383. The van der Waals surface area contributed by atoms with Crippen molar-refractivity contribution in [3.05, 3.63) is 69.7 Å². The summed E-state index contributed by atoms with van der Waals surface area (Å²) in [5.74, 6) is 0. The fraction of sp³-hybridized carbons (Fsp3) is 0.294. The van der Waals surface area contributed by atoms with Crippen LogP contribution in [0.15, 0.2) is 48.5 Å². The summed E-state index contributed by atoms with van der Waals surface area (Å²) < 4.78 is 6.29. The van der Waals surface area contributed by atoms with Gasteiger partial charge in [0.25, 0.3) is 0 Å². The molecule has 1 saturated heterocycles. The van der Waals surface area contributed by atoms with E-state index in [1.165, 1.54) is 0 Å². The van der Waals surface area contributed by atoms with E-state index in [1.54, 1.807) is 0 Å². The van der Waals surface area contributed by atoms with E-state index in [4.69, 9.17) is 27.9 Å². The predicted molar refractivity (Wildman–Crippen MR) is 91.4 cm³/mol. The van der Waals surface area contributed by atoms with E-state index < -0.39 is 0 Å². The molecule has 3 atom stereocenters. The first-order chi connectivity index (χ1) is 10.1. The van der Waals surface area contributed by atoms with Crippen molar-refractivity contribution in [2.75, 3.05) is 0 Å². The molecule has 0 bridgehead atoms. The number of rotatable bonds is 2. The minimum absolute atomic E-state index is 0.0157. The lowest BCUT2D eigenvalue weighted by atomic mass is 9.95. The largest absolute Gasteiger partial charge is 0.365 e. The summed E-state index contributed by atoms with van der Waals surface area (Å²) in [5, 5.41) is 1.50. The molecule has 0 spiro atoms. The summed E-state index contributed by atoms with van der Waals surface area (Å²) in [7, 11) is 0. The van der Waals surface area contributed by atoms with Crippen LogP contribution in [0.3, 0.4) is 0 Å². The molecular formula is C17H15BrCl2O. The number of hydrogen-bond acceptors (Lipinski definition) is 1. The van der Waals surface area contributed by atoms with Gasteiger partial charge in [0.2, 0.25) is 0 Å². The number of hydrogen-bond donors (Lipinski definition) is 0. The molecule has 1 nitrogen and oxygen atoms in total. The van der Waals surface area contributed by atoms with Gasteiger partial charge in [-0.2, -0.15) is 0 Å². The van der Waals surface area contributed by atoms with Crippen LogP contribution in [0, 0.1) is 0 Å². The van der Waals surface area contributed by atoms with Gasteiger partial charge in [-0.05, 0) is 36.1 Å². The zero-order chi connectivity index (χ0) is 14.8. The Morgan fingerprint density at radius 1 is 0.810 bits per heavy atom. The molecule has 1 unspecified atom stereocenters. The van der Waals surface area contributed by atoms with E-state index >= 15 is 0 Å². The monoisotopic (exact) mass is 384 g/mol. The highest BCUT2D eigenvalue weighted by molar-refractivity contribution is 9.09. The molecule has 0 aromatic heterocycles. The highest BCUT2D eigenvalue weighted by Crippen LogP contribution is 2.44. The van der Waals surface area contributed by atoms with Crippen LogP contribution in [-0.4, -0.2) is 4.83 Å². The molecule has 3 rings (SSSR count). The van der Waals surface area contributed by atoms with Gasteiger partial charge in [-0.25, -0.2) is 0 Å². The van der Waals surface area contributed by atoms with Crippen molar-refractivity contribution in [3.63, 3.8) is 0 Å². The van der Waals surface area contributed by atoms with E-state index in [9.17, 15) is 0 Å². The molecule has 2 aromatic carbocycles. The van der Waals surface area contributed by atoms with Gasteiger partial charge in [-0.3, -0.25) is 0 Å². The molecule has 0 radical (unpaired) electrons. The second kappa shape index (κ2) is 6.70. The van der Waals surface area contributed by atoms with E-state index in [0.717, 1.165) is 34.0 Å². The maximum absolute atomic E-state index is 6.31. The highest BCUT2D eigenvalue weighted by atomic mass is 79.9. The lowest BCUT2D eigenvalue weighted by Crippen LogP contribution is -2.23. The number of ether oxygens (including phenoxy) is 1. The van der Waals surface area contributed by atoms with Gasteiger partial charge < -0.3 is 4.74 Å². The fourth-order valence-corrected chi connectivity index (χ4v) is 3.94. The second-order valence-corrected chi connectivity index (χ2v) is 7.33. The third-order valence-corrected chi connectivity index (χ3v) is 5.21. The van der Waals surface area contributed by atoms with Crippen molar-refractivity contribution in [3.8, 4) is 0 Å². The molecule has 0 N–H and O–H groups in total. The summed E-state index contributed by atoms with van der Waals surface area (Å²) in [5.41, 5.74) is 2.08. The molecule has 1 aliphatic rings. The van der Waals surface area contributed by atoms with Crippen molar-refractivity contribution in [1.82, 2.24) is 0 Å². The standard InChI is InChI=1S/C17H15BrCl2O/c18-11-9-16(12-5-1-3-7-14(12)19)21-17(10-11)13-6-2-4-8-15(13)20/h1-8,11,16-17H,9-10H2/t11?,16-,17+. The molecule has 0 saturated carbocycles. The Morgan fingerprint density at radius 3 is 1.67 bits per heavy atom. The zero-order valence-corrected chi connectivity index (χ0v) is 14.4. The van der Waals surface area contributed by atoms with Gasteiger partial charge in [0, 0.05) is 14.9 Å². The lowest BCUT2D eigenvalue weighted by molar-refractivity contribution is -0.0498. The average molecular weight is 386 g/mol. The van der Waals surface area contributed by atoms with Gasteiger partial charge in [-0.1, -0.05) is 75.5 Å². The third-order valence-electron chi connectivity index (χ3n) is 3.77. The molecular weight excluding hydrogens is 371 g/mol. The quantitative estimate of drug-likeness (QED) is 0.547. The Labute approximate surface area is 143 Å². The van der Waals surface area contributed by atoms with Gasteiger partial charge in [0.1, 0.15) is 0 Å². The maximum Gasteiger partial charge on any atom is 0.0858 e. The van der Waals surface area contributed by atoms with E-state index in [2.05, 4.69) is 15.9 Å². The summed E-state index contributed by atoms with van der Waals surface area (Å²) in [6.45, 7) is 0. The summed E-state index contributed by atoms with van der Waals surface area (Å²) in [6, 6.07) is 15.7. The Hall–Kier alpha value is -0.540. The van der Waals surface area contributed by atoms with Gasteiger partial charge in [-0.15, -0.1) is 0 Å². The van der Waals surface area contributed by atoms with Crippen molar-refractivity contribution in [2.45, 2.75) is 29.9 Å². The Morgan fingerprint density at radius 2 is 1.24 bits per heavy atom. The highest BCUT2D eigenvalue weighted by Gasteiger charge is 2.31. The van der Waals surface area contributed by atoms with Crippen LogP contribution >= 0.6 is 39.1 Å². The second-order valence-electron chi connectivity index (χ2n) is 5.23. The van der Waals surface area contributed by atoms with Crippen LogP contribution in [0.4, 0.5) is 0 Å². The maximum atomic E-state index is 6.31. The van der Waals surface area contributed by atoms with Crippen LogP contribution in [0.2, 0.25) is 10.0 Å². The Kier molecular flexibility index (Phi) is 4.90. The van der Waals surface area contributed by atoms with Crippen molar-refractivity contribution >= 4 is 39.1 Å². The number of benzene rings is 2. The van der Waals surface area contributed by atoms with Gasteiger partial charge >= 0.3 is 0 Å². The SMILES string of the molecule is Clc1ccccc1[C@@H]1CC(Br)C[C@H](c2ccccc2Cl)O1. The fourth-order valence-electron chi connectivity index (χ4n) is 2.74. The molecule has 21 heavy (non-hydrogen) atoms. The normalized spacial score (nSPS) is 25.8. The van der Waals surface area contributed by atoms with Crippen LogP contribution in [0.5, 0.6) is 0 Å². The molecule has 110 valence electrons. The zero-order valence-electron chi connectivity index (χ0n) is 11.3. The van der Waals surface area contributed by atoms with Crippen molar-refractivity contribution < 1.29 is 4.74 Å². The number of alkyl halides is 1. The van der Waals surface area contributed by atoms with E-state index in [-0.39, 0.29) is 12.2 Å². The Balaban J connectivity index is 1.89. The molecule has 0 amide bonds. The topological polar surface area (TPSA) is 9.23 Å². The minimum Gasteiger partial charge on any atom is -0.365 e. The molecule has 1 aliphatic heterocycles. The first kappa shape index (κ1) is 15.4. The van der Waals surface area contributed by atoms with Crippen molar-refractivity contribution in [1.29, 1.82) is 0 Å². The van der Waals surface area contributed by atoms with Crippen LogP contribution in [-0.2, 0) is 4.74 Å². The first-order valence-electron chi connectivity index (χ1n) is 6.93. The van der Waals surface area contributed by atoms with E-state index in [1.807, 2.05) is 48.5 Å². The van der Waals surface area contributed by atoms with Crippen molar-refractivity contribution in [2.24, 2.45) is 0 Å². The first-order valence-corrected chi connectivity index (χ1v) is 8.60. The predicted octanol–water partition coefficient (Wildman–Crippen LogP) is 6.35. The molecule has 2 aromatic rings. The Bertz CT molecular complexity index is 578. The van der Waals surface area contributed by atoms with Gasteiger partial charge in [0.15, 0.2) is 0 Å². The summed E-state index contributed by atoms with van der Waals surface area (Å²) in [6.07, 6.45) is 1.78. The minimum atomic E-state index is -0.0157. The average Bonchev–Trinajstić information content (AvgIpc) is 2.47. The van der Waals surface area contributed by atoms with Gasteiger partial charge in [0.05, 0.1) is 12.2 Å². The smallest absolute Gasteiger partial charge is 0.0858 e. The third kappa shape index (κ3) is 3.45. The molecule has 1 fully saturated rings. The number of halogens is 3. The molecule has 1 heterocycles. The van der Waals surface area contributed by atoms with Crippen LogP contribution in [0.1, 0.15) is 36.2 Å². The summed E-state index contributed by atoms with van der Waals surface area (Å²) >= 11 is 16.4. The molecule has 0 aliphatic carbocycles. The lowest BCUT2D eigenvalue weighted by Gasteiger charge is -2.34. The molecule has 4 heteroatoms.